The second-order valence-electron chi connectivity index (χ2n) is 9.04. The van der Waals surface area contributed by atoms with Crippen LogP contribution in [0.5, 0.6) is 0 Å². The van der Waals surface area contributed by atoms with E-state index in [1.165, 1.54) is 24.1 Å². The number of carbonyl (C=O) groups is 3. The molecule has 34 heavy (non-hydrogen) atoms. The van der Waals surface area contributed by atoms with E-state index in [1.807, 2.05) is 4.90 Å². The Bertz CT molecular complexity index is 982. The smallest absolute Gasteiger partial charge is 0.410 e. The lowest BCUT2D eigenvalue weighted by Crippen LogP contribution is -2.50. The van der Waals surface area contributed by atoms with Crippen molar-refractivity contribution in [2.45, 2.75) is 26.4 Å². The molecular weight excluding hydrogens is 447 g/mol. The van der Waals surface area contributed by atoms with Gasteiger partial charge in [0.05, 0.1) is 37.2 Å². The molecule has 0 aromatic heterocycles. The van der Waals surface area contributed by atoms with Gasteiger partial charge in [-0.15, -0.1) is 0 Å². The number of halogens is 1. The van der Waals surface area contributed by atoms with Gasteiger partial charge in [-0.05, 0) is 39.0 Å². The number of benzene rings is 1. The highest BCUT2D eigenvalue weighted by atomic mass is 19.1. The Hall–Kier alpha value is -3.34. The third kappa shape index (κ3) is 5.77. The fourth-order valence-electron chi connectivity index (χ4n) is 3.82. The van der Waals surface area contributed by atoms with E-state index >= 15 is 0 Å². The molecule has 2 aliphatic heterocycles. The van der Waals surface area contributed by atoms with Gasteiger partial charge in [-0.1, -0.05) is 0 Å². The summed E-state index contributed by atoms with van der Waals surface area (Å²) in [5, 5.41) is 12.2. The number of hydrogen-bond acceptors (Lipinski definition) is 8. The maximum absolute atomic E-state index is 14.2. The van der Waals surface area contributed by atoms with Gasteiger partial charge in [-0.3, -0.25) is 4.79 Å². The molecule has 2 heterocycles. The van der Waals surface area contributed by atoms with Crippen molar-refractivity contribution < 1.29 is 33.4 Å². The van der Waals surface area contributed by atoms with Gasteiger partial charge in [-0.25, -0.2) is 14.0 Å². The lowest BCUT2D eigenvalue weighted by Gasteiger charge is -2.37. The zero-order valence-electron chi connectivity index (χ0n) is 19.9. The second-order valence-corrected chi connectivity index (χ2v) is 9.04. The quantitative estimate of drug-likeness (QED) is 0.593. The molecule has 1 aromatic carbocycles. The van der Waals surface area contributed by atoms with Crippen LogP contribution < -0.4 is 10.2 Å². The average molecular weight is 479 g/mol. The van der Waals surface area contributed by atoms with E-state index in [-0.39, 0.29) is 31.0 Å². The highest BCUT2D eigenvalue weighted by Gasteiger charge is 2.35. The molecule has 0 bridgehead atoms. The molecule has 0 aliphatic carbocycles. The summed E-state index contributed by atoms with van der Waals surface area (Å²) in [5.74, 6) is -1.68. The van der Waals surface area contributed by atoms with Crippen molar-refractivity contribution in [3.05, 3.63) is 35.3 Å². The number of β-amino-alcohol motifs (C(OH)–C–C–N with tert-alkyl or cyclic N) is 1. The Labute approximate surface area is 197 Å². The molecule has 2 N–H and O–H groups in total. The highest BCUT2D eigenvalue weighted by Crippen LogP contribution is 2.31. The van der Waals surface area contributed by atoms with E-state index in [2.05, 4.69) is 5.32 Å². The molecule has 0 spiro atoms. The number of nitrogens with one attached hydrogen (secondary N) is 1. The number of aliphatic hydroxyl groups is 1. The molecular formula is C23H31FN4O6. The van der Waals surface area contributed by atoms with Crippen molar-refractivity contribution in [2.75, 3.05) is 63.2 Å². The van der Waals surface area contributed by atoms with Gasteiger partial charge in [-0.2, -0.15) is 0 Å². The van der Waals surface area contributed by atoms with Crippen LogP contribution in [0.4, 0.5) is 20.6 Å². The third-order valence-electron chi connectivity index (χ3n) is 5.44. The Morgan fingerprint density at radius 1 is 1.18 bits per heavy atom. The summed E-state index contributed by atoms with van der Waals surface area (Å²) >= 11 is 0. The summed E-state index contributed by atoms with van der Waals surface area (Å²) in [7, 11) is 1.21. The molecule has 1 aromatic rings. The fourth-order valence-corrected chi connectivity index (χ4v) is 3.82. The SMILES string of the molecule is COC(=O)C1=C(Nc2cc(F)ccc2N2CCN(C(=O)OC(C)(C)C)CC2)C(=O)N(CCO)C1. The largest absolute Gasteiger partial charge is 0.466 e. The summed E-state index contributed by atoms with van der Waals surface area (Å²) < 4.78 is 24.4. The maximum Gasteiger partial charge on any atom is 0.410 e. The molecule has 3 rings (SSSR count). The summed E-state index contributed by atoms with van der Waals surface area (Å²) in [6.45, 7) is 6.93. The number of carbonyl (C=O) groups excluding carboxylic acids is 3. The van der Waals surface area contributed by atoms with Gasteiger partial charge < -0.3 is 34.6 Å². The van der Waals surface area contributed by atoms with Crippen molar-refractivity contribution in [1.82, 2.24) is 9.80 Å². The van der Waals surface area contributed by atoms with Crippen molar-refractivity contribution in [1.29, 1.82) is 0 Å². The zero-order valence-corrected chi connectivity index (χ0v) is 19.9. The number of methoxy groups -OCH3 is 1. The van der Waals surface area contributed by atoms with Gasteiger partial charge in [0.25, 0.3) is 5.91 Å². The van der Waals surface area contributed by atoms with Crippen LogP contribution >= 0.6 is 0 Å². The first-order valence-corrected chi connectivity index (χ1v) is 11.0. The lowest BCUT2D eigenvalue weighted by molar-refractivity contribution is -0.136. The van der Waals surface area contributed by atoms with Crippen LogP contribution in [0.15, 0.2) is 29.5 Å². The van der Waals surface area contributed by atoms with Crippen LogP contribution in [0, 0.1) is 5.82 Å². The number of rotatable bonds is 6. The Morgan fingerprint density at radius 3 is 2.44 bits per heavy atom. The monoisotopic (exact) mass is 478 g/mol. The first kappa shape index (κ1) is 25.3. The molecule has 1 saturated heterocycles. The number of piperazine rings is 1. The van der Waals surface area contributed by atoms with Gasteiger partial charge in [0.15, 0.2) is 0 Å². The molecule has 0 atom stereocenters. The van der Waals surface area contributed by atoms with E-state index in [1.54, 1.807) is 31.7 Å². The minimum Gasteiger partial charge on any atom is -0.466 e. The van der Waals surface area contributed by atoms with E-state index in [9.17, 15) is 23.9 Å². The Kier molecular flexibility index (Phi) is 7.65. The molecule has 0 unspecified atom stereocenters. The molecule has 0 radical (unpaired) electrons. The topological polar surface area (TPSA) is 112 Å². The Morgan fingerprint density at radius 2 is 1.85 bits per heavy atom. The summed E-state index contributed by atoms with van der Waals surface area (Å²) in [5.41, 5.74) is 0.424. The predicted molar refractivity (Wildman–Crippen MR) is 123 cm³/mol. The van der Waals surface area contributed by atoms with Crippen LogP contribution in [-0.2, 0) is 19.1 Å². The van der Waals surface area contributed by atoms with Crippen LogP contribution in [0.25, 0.3) is 0 Å². The predicted octanol–water partition coefficient (Wildman–Crippen LogP) is 1.56. The van der Waals surface area contributed by atoms with Crippen molar-refractivity contribution >= 4 is 29.3 Å². The highest BCUT2D eigenvalue weighted by molar-refractivity contribution is 6.09. The maximum atomic E-state index is 14.2. The number of anilines is 2. The van der Waals surface area contributed by atoms with Crippen molar-refractivity contribution in [2.24, 2.45) is 0 Å². The standard InChI is InChI=1S/C23H31FN4O6/c1-23(2,3)34-22(32)27-9-7-26(8-10-27)18-6-5-15(24)13-17(18)25-19-16(21(31)33-4)14-28(11-12-29)20(19)30/h5-6,13,25,29H,7-12,14H2,1-4H3. The second kappa shape index (κ2) is 10.3. The van der Waals surface area contributed by atoms with Crippen LogP contribution in [0.3, 0.4) is 0 Å². The minimum absolute atomic E-state index is 0.0143. The molecule has 2 amide bonds. The molecule has 186 valence electrons. The number of aliphatic hydroxyl groups excluding tert-OH is 1. The summed E-state index contributed by atoms with van der Waals surface area (Å²) in [6.07, 6.45) is -0.391. The normalized spacial score (nSPS) is 16.8. The van der Waals surface area contributed by atoms with Crippen LogP contribution in [-0.4, -0.2) is 91.5 Å². The molecule has 10 nitrogen and oxygen atoms in total. The number of hydrogen-bond donors (Lipinski definition) is 2. The number of ether oxygens (including phenoxy) is 2. The fraction of sp³-hybridized carbons (Fsp3) is 0.522. The number of amides is 2. The summed E-state index contributed by atoms with van der Waals surface area (Å²) in [6, 6.07) is 4.15. The number of nitrogens with zero attached hydrogens (tertiary/aromatic N) is 3. The summed E-state index contributed by atoms with van der Waals surface area (Å²) in [4.78, 5) is 42.4. The van der Waals surface area contributed by atoms with E-state index in [0.717, 1.165) is 0 Å². The van der Waals surface area contributed by atoms with E-state index < -0.39 is 29.4 Å². The third-order valence-corrected chi connectivity index (χ3v) is 5.44. The first-order valence-electron chi connectivity index (χ1n) is 11.0. The van der Waals surface area contributed by atoms with Crippen molar-refractivity contribution in [3.63, 3.8) is 0 Å². The molecule has 2 aliphatic rings. The van der Waals surface area contributed by atoms with Gasteiger partial charge in [0, 0.05) is 32.7 Å². The minimum atomic E-state index is -0.680. The van der Waals surface area contributed by atoms with E-state index in [0.29, 0.717) is 37.6 Å². The lowest BCUT2D eigenvalue weighted by atomic mass is 10.1. The molecule has 1 fully saturated rings. The average Bonchev–Trinajstić information content (AvgIpc) is 3.08. The number of esters is 1. The van der Waals surface area contributed by atoms with Gasteiger partial charge >= 0.3 is 12.1 Å². The van der Waals surface area contributed by atoms with Gasteiger partial charge in [0.2, 0.25) is 0 Å². The van der Waals surface area contributed by atoms with Crippen LogP contribution in [0.2, 0.25) is 0 Å². The molecule has 0 saturated carbocycles. The first-order chi connectivity index (χ1) is 16.0. The van der Waals surface area contributed by atoms with E-state index in [4.69, 9.17) is 9.47 Å². The van der Waals surface area contributed by atoms with Crippen LogP contribution in [0.1, 0.15) is 20.8 Å². The van der Waals surface area contributed by atoms with Gasteiger partial charge in [0.1, 0.15) is 17.1 Å². The Balaban J connectivity index is 1.81. The van der Waals surface area contributed by atoms with Crippen molar-refractivity contribution in [3.8, 4) is 0 Å². The molecule has 11 heteroatoms. The zero-order chi connectivity index (χ0) is 25.0.